The van der Waals surface area contributed by atoms with E-state index in [1.54, 1.807) is 0 Å². The highest BCUT2D eigenvalue weighted by Gasteiger charge is 1.99. The third kappa shape index (κ3) is 2.14. The molecule has 0 aliphatic carbocycles. The van der Waals surface area contributed by atoms with Crippen LogP contribution in [0.1, 0.15) is 23.6 Å². The van der Waals surface area contributed by atoms with E-state index >= 15 is 0 Å². The van der Waals surface area contributed by atoms with E-state index in [4.69, 9.17) is 0 Å². The van der Waals surface area contributed by atoms with Crippen molar-refractivity contribution in [3.63, 3.8) is 0 Å². The first-order valence-electron chi connectivity index (χ1n) is 3.53. The van der Waals surface area contributed by atoms with Crippen molar-refractivity contribution < 1.29 is 0 Å². The second kappa shape index (κ2) is 3.20. The molecule has 0 N–H and O–H groups in total. The molecule has 1 heteroatoms. The average molecular weight is 153 g/mol. The summed E-state index contributed by atoms with van der Waals surface area (Å²) in [6.07, 6.45) is 1.15. The monoisotopic (exact) mass is 153 g/mol. The first-order chi connectivity index (χ1) is 4.68. The van der Waals surface area contributed by atoms with E-state index in [9.17, 15) is 0 Å². The summed E-state index contributed by atoms with van der Waals surface area (Å²) >= 11 is 1.90. The van der Waals surface area contributed by atoms with Crippen molar-refractivity contribution in [2.24, 2.45) is 0 Å². The minimum absolute atomic E-state index is 1.15. The fourth-order valence-electron chi connectivity index (χ4n) is 0.929. The largest absolute Gasteiger partial charge is 0.146 e. The minimum Gasteiger partial charge on any atom is -0.146 e. The lowest BCUT2D eigenvalue weighted by atomic mass is 10.1. The van der Waals surface area contributed by atoms with Gasteiger partial charge in [0.15, 0.2) is 0 Å². The van der Waals surface area contributed by atoms with Gasteiger partial charge in [0.05, 0.1) is 0 Å². The van der Waals surface area contributed by atoms with Crippen molar-refractivity contribution >= 4 is 11.3 Å². The zero-order valence-corrected chi connectivity index (χ0v) is 7.59. The molecule has 0 fully saturated rings. The Morgan fingerprint density at radius 1 is 1.40 bits per heavy atom. The van der Waals surface area contributed by atoms with Crippen LogP contribution in [0.15, 0.2) is 12.1 Å². The molecule has 0 amide bonds. The van der Waals surface area contributed by atoms with E-state index in [0.29, 0.717) is 0 Å². The van der Waals surface area contributed by atoms with E-state index in [1.165, 1.54) is 15.7 Å². The van der Waals surface area contributed by atoms with E-state index in [0.717, 1.165) is 6.42 Å². The van der Waals surface area contributed by atoms with Crippen molar-refractivity contribution in [3.05, 3.63) is 27.8 Å². The Kier molecular flexibility index (Phi) is 2.50. The van der Waals surface area contributed by atoms with E-state index < -0.39 is 0 Å². The van der Waals surface area contributed by atoms with Gasteiger partial charge in [0.25, 0.3) is 0 Å². The van der Waals surface area contributed by atoms with E-state index in [-0.39, 0.29) is 0 Å². The van der Waals surface area contributed by atoms with Gasteiger partial charge in [-0.15, -0.1) is 11.3 Å². The summed E-state index contributed by atoms with van der Waals surface area (Å²) in [6.45, 7) is 6.50. The van der Waals surface area contributed by atoms with Gasteiger partial charge in [0.1, 0.15) is 0 Å². The molecule has 10 heavy (non-hydrogen) atoms. The predicted molar refractivity (Wildman–Crippen MR) is 47.4 cm³/mol. The first kappa shape index (κ1) is 7.80. The summed E-state index contributed by atoms with van der Waals surface area (Å²) in [5.41, 5.74) is 0. The van der Waals surface area contributed by atoms with Gasteiger partial charge in [0, 0.05) is 9.75 Å². The summed E-state index contributed by atoms with van der Waals surface area (Å²) in [4.78, 5) is 2.90. The average Bonchev–Trinajstić information content (AvgIpc) is 2.13. The van der Waals surface area contributed by atoms with Gasteiger partial charge in [-0.1, -0.05) is 13.8 Å². The summed E-state index contributed by atoms with van der Waals surface area (Å²) in [5.74, 6) is 1.49. The molecule has 0 atom stereocenters. The molecule has 0 aliphatic rings. The Labute approximate surface area is 66.9 Å². The van der Waals surface area contributed by atoms with Crippen LogP contribution >= 0.6 is 11.3 Å². The number of hydrogen-bond donors (Lipinski definition) is 0. The highest BCUT2D eigenvalue weighted by Crippen LogP contribution is 2.18. The summed E-state index contributed by atoms with van der Waals surface area (Å²) in [6, 6.07) is 4.40. The van der Waals surface area contributed by atoms with Crippen molar-refractivity contribution in [1.82, 2.24) is 0 Å². The lowest BCUT2D eigenvalue weighted by Crippen LogP contribution is -1.86. The highest BCUT2D eigenvalue weighted by atomic mass is 32.1. The van der Waals surface area contributed by atoms with Gasteiger partial charge in [-0.3, -0.25) is 0 Å². The lowest BCUT2D eigenvalue weighted by molar-refractivity contribution is 0.974. The van der Waals surface area contributed by atoms with Crippen molar-refractivity contribution in [3.8, 4) is 0 Å². The van der Waals surface area contributed by atoms with Crippen LogP contribution in [-0.2, 0) is 6.42 Å². The van der Waals surface area contributed by atoms with E-state index in [1.807, 2.05) is 11.3 Å². The molecule has 1 radical (unpaired) electrons. The molecule has 0 unspecified atom stereocenters. The van der Waals surface area contributed by atoms with Crippen LogP contribution in [-0.4, -0.2) is 0 Å². The Hall–Kier alpha value is -0.300. The Morgan fingerprint density at radius 3 is 2.50 bits per heavy atom. The summed E-state index contributed by atoms with van der Waals surface area (Å²) in [5, 5.41) is 0. The molecule has 0 bridgehead atoms. The number of thiophene rings is 1. The minimum atomic E-state index is 1.15. The van der Waals surface area contributed by atoms with Crippen molar-refractivity contribution in [2.75, 3.05) is 0 Å². The Bertz CT molecular complexity index is 198. The maximum Gasteiger partial charge on any atom is 0.00535 e. The summed E-state index contributed by atoms with van der Waals surface area (Å²) < 4.78 is 0. The fraction of sp³-hybridized carbons (Fsp3) is 0.444. The number of aryl methyl sites for hydroxylation is 1. The molecular weight excluding hydrogens is 140 g/mol. The molecule has 1 rings (SSSR count). The van der Waals surface area contributed by atoms with Gasteiger partial charge in [-0.2, -0.15) is 0 Å². The van der Waals surface area contributed by atoms with Crippen LogP contribution in [0.25, 0.3) is 0 Å². The van der Waals surface area contributed by atoms with Crippen molar-refractivity contribution in [2.45, 2.75) is 27.2 Å². The van der Waals surface area contributed by atoms with Crippen molar-refractivity contribution in [1.29, 1.82) is 0 Å². The standard InChI is InChI=1S/C9H13S/c1-7(2)6-9-5-4-8(3)10-9/h4-5H,6H2,1-3H3. The molecule has 0 aliphatic heterocycles. The summed E-state index contributed by atoms with van der Waals surface area (Å²) in [7, 11) is 0. The third-order valence-corrected chi connectivity index (χ3v) is 2.32. The van der Waals surface area contributed by atoms with Crippen LogP contribution in [0.5, 0.6) is 0 Å². The molecule has 0 aromatic carbocycles. The second-order valence-corrected chi connectivity index (χ2v) is 4.27. The molecule has 1 aromatic heterocycles. The molecule has 0 nitrogen and oxygen atoms in total. The smallest absolute Gasteiger partial charge is 0.00535 e. The Balaban J connectivity index is 2.58. The van der Waals surface area contributed by atoms with Crippen LogP contribution in [0.2, 0.25) is 0 Å². The highest BCUT2D eigenvalue weighted by molar-refractivity contribution is 7.11. The van der Waals surface area contributed by atoms with Gasteiger partial charge in [0.2, 0.25) is 0 Å². The number of hydrogen-bond acceptors (Lipinski definition) is 1. The zero-order chi connectivity index (χ0) is 7.56. The van der Waals surface area contributed by atoms with E-state index in [2.05, 4.69) is 32.9 Å². The maximum absolute atomic E-state index is 2.22. The topological polar surface area (TPSA) is 0 Å². The van der Waals surface area contributed by atoms with Crippen LogP contribution in [0.3, 0.4) is 0 Å². The molecule has 0 spiro atoms. The first-order valence-corrected chi connectivity index (χ1v) is 4.34. The predicted octanol–water partition coefficient (Wildman–Crippen LogP) is 3.21. The molecule has 1 heterocycles. The van der Waals surface area contributed by atoms with Crippen LogP contribution in [0.4, 0.5) is 0 Å². The fourth-order valence-corrected chi connectivity index (χ4v) is 1.98. The Morgan fingerprint density at radius 2 is 2.10 bits per heavy atom. The molecule has 55 valence electrons. The van der Waals surface area contributed by atoms with Crippen LogP contribution in [0, 0.1) is 12.8 Å². The lowest BCUT2D eigenvalue weighted by Gasteiger charge is -1.98. The van der Waals surface area contributed by atoms with Crippen LogP contribution < -0.4 is 0 Å². The maximum atomic E-state index is 2.22. The normalized spacial score (nSPS) is 10.8. The SMILES string of the molecule is C[C](C)Cc1ccc(C)s1. The molecule has 0 saturated carbocycles. The molecular formula is C9H13S. The van der Waals surface area contributed by atoms with Gasteiger partial charge < -0.3 is 0 Å². The quantitative estimate of drug-likeness (QED) is 0.612. The third-order valence-electron chi connectivity index (χ3n) is 1.32. The molecule has 1 aromatic rings. The number of rotatable bonds is 2. The van der Waals surface area contributed by atoms with Gasteiger partial charge in [-0.25, -0.2) is 0 Å². The van der Waals surface area contributed by atoms with Gasteiger partial charge >= 0.3 is 0 Å². The van der Waals surface area contributed by atoms with Gasteiger partial charge in [-0.05, 0) is 31.4 Å². The zero-order valence-electron chi connectivity index (χ0n) is 6.77. The second-order valence-electron chi connectivity index (χ2n) is 2.90. The molecule has 0 saturated heterocycles.